The lowest BCUT2D eigenvalue weighted by molar-refractivity contribution is 0.380. The minimum absolute atomic E-state index is 1.25. The molecular weight excluding hydrogens is 792 g/mol. The van der Waals surface area contributed by atoms with E-state index >= 15 is 0 Å². The molecule has 0 spiro atoms. The molecule has 54 heavy (non-hydrogen) atoms. The molecule has 0 atom stereocenters. The van der Waals surface area contributed by atoms with Crippen molar-refractivity contribution in [3.63, 3.8) is 0 Å². The van der Waals surface area contributed by atoms with Crippen molar-refractivity contribution in [3.8, 4) is 0 Å². The van der Waals surface area contributed by atoms with Crippen LogP contribution >= 0.6 is 10.0 Å². The van der Waals surface area contributed by atoms with Crippen molar-refractivity contribution in [1.29, 1.82) is 0 Å². The number of rotatable bonds is 6. The number of halogens is 16. The first-order chi connectivity index (χ1) is 25.5. The van der Waals surface area contributed by atoms with E-state index in [0.717, 1.165) is 0 Å². The lowest BCUT2D eigenvalue weighted by Crippen LogP contribution is -2.69. The topological polar surface area (TPSA) is 0 Å². The smallest absolute Gasteiger partial charge is 0.359 e. The second-order valence-corrected chi connectivity index (χ2v) is 16.4. The van der Waals surface area contributed by atoms with Gasteiger partial charge >= 0.3 is 12.2 Å². The van der Waals surface area contributed by atoms with Crippen molar-refractivity contribution >= 4 is 35.5 Å². The fourth-order valence-electron chi connectivity index (χ4n) is 5.66. The Morgan fingerprint density at radius 1 is 0.278 bits per heavy atom. The van der Waals surface area contributed by atoms with E-state index in [1.54, 1.807) is 0 Å². The average molecular weight is 807 g/mol. The molecule has 6 aromatic carbocycles. The minimum Gasteiger partial charge on any atom is -0.425 e. The Hall–Kier alpha value is -5.04. The molecule has 6 rings (SSSR count). The average Bonchev–Trinajstić information content (AvgIpc) is 3.18. The molecule has 17 heteroatoms. The molecule has 0 nitrogen and oxygen atoms in total. The zero-order valence-electron chi connectivity index (χ0n) is 26.3. The number of hydrogen-bond donors (Lipinski definition) is 0. The van der Waals surface area contributed by atoms with E-state index in [0.29, 0.717) is 0 Å². The lowest BCUT2D eigenvalue weighted by atomic mass is 9.85. The second kappa shape index (κ2) is 15.7. The van der Waals surface area contributed by atoms with Gasteiger partial charge in [-0.2, -0.15) is 0 Å². The monoisotopic (exact) mass is 806 g/mol. The van der Waals surface area contributed by atoms with Gasteiger partial charge in [0.05, 0.1) is 22.6 Å². The van der Waals surface area contributed by atoms with Crippen LogP contribution in [0.15, 0.2) is 91.0 Å². The third kappa shape index (κ3) is 6.78. The van der Waals surface area contributed by atoms with Crippen LogP contribution in [-0.4, -0.2) is 12.2 Å². The first kappa shape index (κ1) is 40.2. The van der Waals surface area contributed by atoms with Crippen molar-refractivity contribution in [2.24, 2.45) is 0 Å². The van der Waals surface area contributed by atoms with Gasteiger partial charge < -0.3 is 10.0 Å². The molecule has 0 heterocycles. The van der Waals surface area contributed by atoms with Crippen LogP contribution in [0.1, 0.15) is 16.7 Å². The van der Waals surface area contributed by atoms with Crippen LogP contribution in [-0.2, 0) is 0 Å². The Bertz CT molecular complexity index is 2010. The molecule has 6 aromatic rings. The van der Waals surface area contributed by atoms with Crippen LogP contribution in [0.4, 0.5) is 65.9 Å². The van der Waals surface area contributed by atoms with Crippen LogP contribution < -0.4 is 13.3 Å². The predicted molar refractivity (Wildman–Crippen MR) is 169 cm³/mol. The highest BCUT2D eigenvalue weighted by Gasteiger charge is 2.50. The molecular formula is C37H15AlClF15. The van der Waals surface area contributed by atoms with Gasteiger partial charge in [0.25, 0.3) is 0 Å². The summed E-state index contributed by atoms with van der Waals surface area (Å²) in [5.74, 6) is -44.8. The SMILES string of the molecule is Fc1c(F)c(F)[c]([Al-]([Cl])([c]2c(F)c(F)c(F)c(F)c2F)[c]2c(F)c(F)c(F)c(F)c2F)c(F)c1F.c1ccc([C+](c2ccccc2)c2ccccc2)cc1. The minimum atomic E-state index is -7.55. The first-order valence-electron chi connectivity index (χ1n) is 14.9. The maximum atomic E-state index is 14.6. The number of hydrogen-bond acceptors (Lipinski definition) is 0. The van der Waals surface area contributed by atoms with Gasteiger partial charge in [0, 0.05) is 0 Å². The molecule has 0 saturated carbocycles. The third-order valence-corrected chi connectivity index (χ3v) is 14.0. The summed E-state index contributed by atoms with van der Waals surface area (Å²) in [7, 11) is 5.70. The summed E-state index contributed by atoms with van der Waals surface area (Å²) in [5, 5.41) is 0. The molecule has 0 bridgehead atoms. The highest BCUT2D eigenvalue weighted by Crippen LogP contribution is 2.31. The second-order valence-electron chi connectivity index (χ2n) is 11.2. The Labute approximate surface area is 301 Å². The largest absolute Gasteiger partial charge is 0.425 e. The number of benzene rings is 6. The van der Waals surface area contributed by atoms with E-state index < -0.39 is 113 Å². The molecule has 0 aromatic heterocycles. The van der Waals surface area contributed by atoms with Gasteiger partial charge in [0.1, 0.15) is 34.9 Å². The van der Waals surface area contributed by atoms with Gasteiger partial charge in [-0.25, -0.2) is 65.9 Å². The summed E-state index contributed by atoms with van der Waals surface area (Å²) in [6.07, 6.45) is 0. The van der Waals surface area contributed by atoms with Crippen LogP contribution in [0.3, 0.4) is 0 Å². The normalized spacial score (nSPS) is 11.3. The van der Waals surface area contributed by atoms with E-state index in [-0.39, 0.29) is 0 Å². The van der Waals surface area contributed by atoms with Gasteiger partial charge in [0.2, 0.25) is 0 Å². The predicted octanol–water partition coefficient (Wildman–Crippen LogP) is 9.68. The Kier molecular flexibility index (Phi) is 11.7. The van der Waals surface area contributed by atoms with Gasteiger partial charge in [-0.3, -0.25) is 0 Å². The summed E-state index contributed by atoms with van der Waals surface area (Å²) in [6, 6.07) is 31.6. The molecule has 0 aliphatic heterocycles. The summed E-state index contributed by atoms with van der Waals surface area (Å²) < 4.78 is 203. The Balaban J connectivity index is 0.000000246. The zero-order chi connectivity index (χ0) is 39.8. The Morgan fingerprint density at radius 3 is 0.630 bits per heavy atom. The van der Waals surface area contributed by atoms with E-state index in [9.17, 15) is 65.9 Å². The Morgan fingerprint density at radius 2 is 0.444 bits per heavy atom. The molecule has 0 amide bonds. The zero-order valence-corrected chi connectivity index (χ0v) is 28.2. The molecule has 0 fully saturated rings. The van der Waals surface area contributed by atoms with Crippen molar-refractivity contribution < 1.29 is 65.9 Å². The molecule has 0 saturated heterocycles. The van der Waals surface area contributed by atoms with Gasteiger partial charge in [-0.1, -0.05) is 18.2 Å². The third-order valence-electron chi connectivity index (χ3n) is 8.11. The van der Waals surface area contributed by atoms with E-state index in [1.165, 1.54) is 22.6 Å². The molecule has 0 unspecified atom stereocenters. The van der Waals surface area contributed by atoms with Crippen LogP contribution in [0.2, 0.25) is 0 Å². The van der Waals surface area contributed by atoms with Crippen LogP contribution in [0.25, 0.3) is 0 Å². The van der Waals surface area contributed by atoms with Crippen molar-refractivity contribution in [1.82, 2.24) is 0 Å². The molecule has 278 valence electrons. The molecule has 0 radical (unpaired) electrons. The summed E-state index contributed by atoms with van der Waals surface area (Å²) in [5.41, 5.74) is 3.75. The maximum Gasteiger partial charge on any atom is 0.359 e. The van der Waals surface area contributed by atoms with Crippen LogP contribution in [0, 0.1) is 93.2 Å². The highest BCUT2D eigenvalue weighted by molar-refractivity contribution is 7.40. The fourth-order valence-corrected chi connectivity index (χ4v) is 11.1. The molecule has 0 aliphatic rings. The lowest BCUT2D eigenvalue weighted by Gasteiger charge is -2.35. The van der Waals surface area contributed by atoms with Gasteiger partial charge in [-0.05, 0) is 72.8 Å². The summed E-state index contributed by atoms with van der Waals surface area (Å²) >= 11 is -7.55. The standard InChI is InChI=1S/C19H15.3C6F5.Al.ClH/c1-4-10-16(11-5-1)19(17-12-6-2-7-13-17)18-14-8-3-9-15-18;3*7-2-1-3(8)5(10)6(11)4(2)9;;/h1-15H;;;;;1H/q+1;;;;;/p-1. The molecule has 0 N–H and O–H groups in total. The quantitative estimate of drug-likeness (QED) is 0.0393. The van der Waals surface area contributed by atoms with Crippen molar-refractivity contribution in [2.45, 2.75) is 0 Å². The molecule has 0 aliphatic carbocycles. The summed E-state index contributed by atoms with van der Waals surface area (Å²) in [4.78, 5) is 0. The summed E-state index contributed by atoms with van der Waals surface area (Å²) in [6.45, 7) is 0. The van der Waals surface area contributed by atoms with Gasteiger partial charge in [-0.15, -0.1) is 13.3 Å². The van der Waals surface area contributed by atoms with Crippen molar-refractivity contribution in [2.75, 3.05) is 0 Å². The van der Waals surface area contributed by atoms with E-state index in [4.69, 9.17) is 10.0 Å². The maximum absolute atomic E-state index is 14.6. The van der Waals surface area contributed by atoms with Crippen molar-refractivity contribution in [3.05, 3.63) is 201 Å². The van der Waals surface area contributed by atoms with Gasteiger partial charge in [0.15, 0.2) is 52.4 Å². The van der Waals surface area contributed by atoms with E-state index in [1.807, 2.05) is 0 Å². The van der Waals surface area contributed by atoms with E-state index in [2.05, 4.69) is 91.0 Å². The van der Waals surface area contributed by atoms with Crippen LogP contribution in [0.5, 0.6) is 0 Å². The fraction of sp³-hybridized carbons (Fsp3) is 0. The highest BCUT2D eigenvalue weighted by atomic mass is 35.6. The first-order valence-corrected chi connectivity index (χ1v) is 18.4.